The first kappa shape index (κ1) is 46.3. The van der Waals surface area contributed by atoms with Gasteiger partial charge >= 0.3 is 6.18 Å². The molecule has 3 fully saturated rings. The summed E-state index contributed by atoms with van der Waals surface area (Å²) in [5.74, 6) is -3.98. The van der Waals surface area contributed by atoms with Crippen molar-refractivity contribution in [3.63, 3.8) is 0 Å². The van der Waals surface area contributed by atoms with E-state index in [1.165, 1.54) is 17.8 Å². The van der Waals surface area contributed by atoms with Crippen LogP contribution in [0.15, 0.2) is 67.0 Å². The number of aromatic amines is 1. The van der Waals surface area contributed by atoms with Crippen molar-refractivity contribution in [1.82, 2.24) is 45.4 Å². The average Bonchev–Trinajstić information content (AvgIpc) is 4.06. The molecule has 1 atom stereocenters. The Balaban J connectivity index is 0.719. The van der Waals surface area contributed by atoms with E-state index in [1.807, 2.05) is 24.0 Å². The van der Waals surface area contributed by atoms with Crippen molar-refractivity contribution in [2.75, 3.05) is 31.1 Å². The second-order valence-electron chi connectivity index (χ2n) is 18.4. The summed E-state index contributed by atoms with van der Waals surface area (Å²) >= 11 is 0. The number of imide groups is 2. The summed E-state index contributed by atoms with van der Waals surface area (Å²) in [6.07, 6.45) is 1.77. The lowest BCUT2D eigenvalue weighted by molar-refractivity contribution is -0.182. The molecular formula is C48H50F4N10O6. The van der Waals surface area contributed by atoms with Crippen molar-refractivity contribution in [2.45, 2.75) is 102 Å². The van der Waals surface area contributed by atoms with E-state index < -0.39 is 58.8 Å². The van der Waals surface area contributed by atoms with Crippen LogP contribution in [0, 0.1) is 12.7 Å². The number of hydrogen-bond donors (Lipinski definition) is 3. The molecule has 1 unspecified atom stereocenters. The number of fused-ring (bicyclic) bond motifs is 1. The van der Waals surface area contributed by atoms with Gasteiger partial charge in [-0.15, -0.1) is 0 Å². The van der Waals surface area contributed by atoms with E-state index in [1.54, 1.807) is 10.9 Å². The molecule has 16 nitrogen and oxygen atoms in total. The maximum absolute atomic E-state index is 15.5. The van der Waals surface area contributed by atoms with E-state index in [2.05, 4.69) is 66.1 Å². The van der Waals surface area contributed by atoms with Crippen molar-refractivity contribution in [2.24, 2.45) is 0 Å². The molecule has 356 valence electrons. The predicted octanol–water partition coefficient (Wildman–Crippen LogP) is 5.93. The standard InChI is InChI=1S/C48H50F4N10O6/c1-27-20-30(8-9-37(27)61-26-31(23-54-61)42(64)53-24-40-55-46(58-57-40)47(2,3)48(50,51)52)29-6-4-28(5-7-29)25-59-16-12-32(13-17-59)68-33-14-18-60(19-15-33)39-22-35-34(21-36(39)49)44(66)62(45(35)67)38-10-11-41(63)56-43(38)65/h4-9,20-23,26,32-33,38H,10-19,24-25H2,1-3H3,(H,53,64)(H,55,57,58)(H,56,63,65). The summed E-state index contributed by atoms with van der Waals surface area (Å²) in [5, 5.41) is 15.4. The van der Waals surface area contributed by atoms with Gasteiger partial charge in [0.1, 0.15) is 23.1 Å². The van der Waals surface area contributed by atoms with E-state index in [4.69, 9.17) is 4.74 Å². The predicted molar refractivity (Wildman–Crippen MR) is 238 cm³/mol. The van der Waals surface area contributed by atoms with E-state index in [0.717, 1.165) is 79.7 Å². The lowest BCUT2D eigenvalue weighted by atomic mass is 9.92. The number of ether oxygens (including phenoxy) is 1. The number of alkyl halides is 3. The molecule has 5 amide bonds. The van der Waals surface area contributed by atoms with Crippen LogP contribution in [0.3, 0.4) is 0 Å². The molecule has 4 aliphatic rings. The van der Waals surface area contributed by atoms with Gasteiger partial charge in [0.2, 0.25) is 11.8 Å². The molecule has 5 aromatic rings. The van der Waals surface area contributed by atoms with Gasteiger partial charge in [0, 0.05) is 45.3 Å². The van der Waals surface area contributed by atoms with Crippen LogP contribution in [-0.4, -0.2) is 115 Å². The number of piperidine rings is 3. The Morgan fingerprint density at radius 2 is 1.51 bits per heavy atom. The molecule has 0 spiro atoms. The quantitative estimate of drug-likeness (QED) is 0.0995. The highest BCUT2D eigenvalue weighted by Gasteiger charge is 2.51. The number of rotatable bonds is 12. The highest BCUT2D eigenvalue weighted by Crippen LogP contribution is 2.39. The number of nitrogens with one attached hydrogen (secondary N) is 3. The molecule has 20 heteroatoms. The number of benzene rings is 3. The Morgan fingerprint density at radius 1 is 0.853 bits per heavy atom. The van der Waals surface area contributed by atoms with Crippen molar-refractivity contribution < 1.29 is 46.3 Å². The number of halogens is 4. The molecule has 2 aromatic heterocycles. The van der Waals surface area contributed by atoms with E-state index >= 15 is 4.39 Å². The van der Waals surface area contributed by atoms with Gasteiger partial charge in [0.05, 0.1) is 53.0 Å². The lowest BCUT2D eigenvalue weighted by Gasteiger charge is -2.38. The summed E-state index contributed by atoms with van der Waals surface area (Å²) in [7, 11) is 0. The third-order valence-corrected chi connectivity index (χ3v) is 13.4. The topological polar surface area (TPSA) is 188 Å². The van der Waals surface area contributed by atoms with Crippen LogP contribution in [0.4, 0.5) is 23.2 Å². The SMILES string of the molecule is Cc1cc(-c2ccc(CN3CCC(OC4CCN(c5cc6c(cc5F)C(=O)N(C5CCC(=O)NC5=O)C6=O)CC4)CC3)cc2)ccc1-n1cc(C(=O)NCc2nc(C(C)(C)C(F)(F)F)n[nH]2)cn1. The van der Waals surface area contributed by atoms with Crippen LogP contribution in [0.2, 0.25) is 0 Å². The Kier molecular flexibility index (Phi) is 12.5. The Hall–Kier alpha value is -6.80. The zero-order chi connectivity index (χ0) is 48.1. The van der Waals surface area contributed by atoms with Gasteiger partial charge < -0.3 is 15.0 Å². The Labute approximate surface area is 388 Å². The maximum Gasteiger partial charge on any atom is 0.401 e. The number of hydrogen-bond acceptors (Lipinski definition) is 11. The lowest BCUT2D eigenvalue weighted by Crippen LogP contribution is -2.54. The number of nitrogens with zero attached hydrogens (tertiary/aromatic N) is 7. The number of carbonyl (C=O) groups is 5. The second kappa shape index (κ2) is 18.4. The smallest absolute Gasteiger partial charge is 0.375 e. The van der Waals surface area contributed by atoms with Crippen LogP contribution in [0.1, 0.15) is 106 Å². The zero-order valence-corrected chi connectivity index (χ0v) is 37.7. The summed E-state index contributed by atoms with van der Waals surface area (Å²) in [6.45, 7) is 7.41. The van der Waals surface area contributed by atoms with Gasteiger partial charge in [-0.2, -0.15) is 23.4 Å². The second-order valence-corrected chi connectivity index (χ2v) is 18.4. The largest absolute Gasteiger partial charge is 0.401 e. The fourth-order valence-electron chi connectivity index (χ4n) is 9.20. The van der Waals surface area contributed by atoms with Gasteiger partial charge in [-0.1, -0.05) is 30.3 Å². The Bertz CT molecular complexity index is 2770. The molecule has 6 heterocycles. The number of aryl methyl sites for hydroxylation is 1. The minimum absolute atomic E-state index is 0.00303. The number of amides is 5. The molecule has 3 saturated heterocycles. The van der Waals surface area contributed by atoms with Crippen molar-refractivity contribution in [3.05, 3.63) is 112 Å². The van der Waals surface area contributed by atoms with Crippen LogP contribution >= 0.6 is 0 Å². The van der Waals surface area contributed by atoms with E-state index in [-0.39, 0.29) is 59.8 Å². The van der Waals surface area contributed by atoms with Crippen LogP contribution in [0.5, 0.6) is 0 Å². The molecule has 3 aromatic carbocycles. The van der Waals surface area contributed by atoms with Gasteiger partial charge in [0.25, 0.3) is 17.7 Å². The average molecular weight is 939 g/mol. The van der Waals surface area contributed by atoms with Gasteiger partial charge in [-0.25, -0.2) is 14.1 Å². The molecular weight excluding hydrogens is 889 g/mol. The molecule has 0 aliphatic carbocycles. The highest BCUT2D eigenvalue weighted by atomic mass is 19.4. The van der Waals surface area contributed by atoms with Crippen molar-refractivity contribution >= 4 is 35.2 Å². The summed E-state index contributed by atoms with van der Waals surface area (Å²) in [5.41, 5.74) is 3.20. The zero-order valence-electron chi connectivity index (χ0n) is 37.7. The number of aromatic nitrogens is 5. The molecule has 0 bridgehead atoms. The first-order valence-corrected chi connectivity index (χ1v) is 22.6. The van der Waals surface area contributed by atoms with Gasteiger partial charge in [-0.3, -0.25) is 44.2 Å². The molecule has 68 heavy (non-hydrogen) atoms. The molecule has 0 saturated carbocycles. The summed E-state index contributed by atoms with van der Waals surface area (Å²) in [6, 6.07) is 15.8. The van der Waals surface area contributed by atoms with Crippen molar-refractivity contribution in [3.8, 4) is 16.8 Å². The molecule has 3 N–H and O–H groups in total. The molecule has 4 aliphatic heterocycles. The first-order chi connectivity index (χ1) is 32.4. The minimum Gasteiger partial charge on any atom is -0.375 e. The fraction of sp³-hybridized carbons (Fsp3) is 0.417. The van der Waals surface area contributed by atoms with Gasteiger partial charge in [0.15, 0.2) is 5.82 Å². The highest BCUT2D eigenvalue weighted by molar-refractivity contribution is 6.23. The monoisotopic (exact) mass is 938 g/mol. The Morgan fingerprint density at radius 3 is 2.18 bits per heavy atom. The number of likely N-dealkylation sites (tertiary alicyclic amines) is 1. The van der Waals surface area contributed by atoms with Crippen LogP contribution in [-0.2, 0) is 32.8 Å². The van der Waals surface area contributed by atoms with Gasteiger partial charge in [-0.05, 0) is 99.4 Å². The van der Waals surface area contributed by atoms with Crippen LogP contribution < -0.4 is 15.5 Å². The van der Waals surface area contributed by atoms with E-state index in [0.29, 0.717) is 25.9 Å². The summed E-state index contributed by atoms with van der Waals surface area (Å²) in [4.78, 5) is 72.5. The normalized spacial score (nSPS) is 18.9. The van der Waals surface area contributed by atoms with Crippen molar-refractivity contribution in [1.29, 1.82) is 0 Å². The number of anilines is 1. The fourth-order valence-corrected chi connectivity index (χ4v) is 9.20. The third kappa shape index (κ3) is 9.25. The van der Waals surface area contributed by atoms with E-state index in [9.17, 15) is 37.1 Å². The third-order valence-electron chi connectivity index (χ3n) is 13.4. The van der Waals surface area contributed by atoms with Crippen LogP contribution in [0.25, 0.3) is 16.8 Å². The number of carbonyl (C=O) groups excluding carboxylic acids is 5. The maximum atomic E-state index is 15.5. The minimum atomic E-state index is -4.54. The first-order valence-electron chi connectivity index (χ1n) is 22.6. The molecule has 9 rings (SSSR count). The summed E-state index contributed by atoms with van der Waals surface area (Å²) < 4.78 is 63.8. The molecule has 0 radical (unpaired) electrons. The number of H-pyrrole nitrogens is 1.